The maximum atomic E-state index is 12.8. The molecule has 2 nitrogen and oxygen atoms in total. The monoisotopic (exact) mass is 895 g/mol. The zero-order chi connectivity index (χ0) is 45.3. The van der Waals surface area contributed by atoms with Crippen LogP contribution in [0.4, 0.5) is 0 Å². The van der Waals surface area contributed by atoms with Crippen molar-refractivity contribution in [2.75, 3.05) is 12.3 Å². The number of rotatable bonds is 11. The molecule has 0 spiro atoms. The molecule has 64 heavy (non-hydrogen) atoms. The van der Waals surface area contributed by atoms with E-state index in [0.29, 0.717) is 33.2 Å². The molecule has 0 aliphatic heterocycles. The molecule has 0 amide bonds. The van der Waals surface area contributed by atoms with Crippen molar-refractivity contribution >= 4 is 26.5 Å². The Morgan fingerprint density at radius 1 is 0.469 bits per heavy atom. The Morgan fingerprint density at radius 2 is 0.797 bits per heavy atom. The van der Waals surface area contributed by atoms with E-state index in [2.05, 4.69) is 154 Å². The molecule has 0 aromatic heterocycles. The molecule has 8 aliphatic carbocycles. The summed E-state index contributed by atoms with van der Waals surface area (Å²) in [6.07, 6.45) is 19.4. The summed E-state index contributed by atoms with van der Waals surface area (Å²) in [4.78, 5) is 0. The fourth-order valence-corrected chi connectivity index (χ4v) is 23.0. The van der Waals surface area contributed by atoms with E-state index < -0.39 is 15.8 Å². The molecule has 8 bridgehead atoms. The van der Waals surface area contributed by atoms with Crippen molar-refractivity contribution in [1.29, 1.82) is 0 Å². The molecule has 4 aromatic carbocycles. The van der Waals surface area contributed by atoms with Crippen LogP contribution >= 0.6 is 15.8 Å². The molecule has 8 fully saturated rings. The minimum atomic E-state index is -0.635. The van der Waals surface area contributed by atoms with Crippen molar-refractivity contribution in [3.8, 4) is 11.5 Å². The SMILES string of the molecule is CC(C)(C)c1cc(C[P@@](CC[P@@](Cc2cc(C(C)(C)C)cc(C34CC5C[C@@](C)(C3)C[C@](C)(C5)C4)c2O)c2ccccc2)c2ccccc2)c(O)c(C23CC4C[C@@](C)(C2)C[C@](C)(C4)C3)c1. The van der Waals surface area contributed by atoms with Gasteiger partial charge in [-0.2, -0.15) is 0 Å². The molecule has 0 saturated heterocycles. The van der Waals surface area contributed by atoms with Crippen LogP contribution in [-0.2, 0) is 34.0 Å². The lowest BCUT2D eigenvalue weighted by molar-refractivity contribution is -0.110. The lowest BCUT2D eigenvalue weighted by Crippen LogP contribution is -2.56. The molecular weight excluding hydrogens is 815 g/mol. The van der Waals surface area contributed by atoms with E-state index in [1.165, 1.54) is 121 Å². The minimum absolute atomic E-state index is 0.0154. The van der Waals surface area contributed by atoms with Crippen molar-refractivity contribution < 1.29 is 10.2 Å². The topological polar surface area (TPSA) is 40.5 Å². The highest BCUT2D eigenvalue weighted by Gasteiger charge is 2.62. The second kappa shape index (κ2) is 15.4. The predicted molar refractivity (Wildman–Crippen MR) is 275 cm³/mol. The first-order valence-electron chi connectivity index (χ1n) is 25.3. The van der Waals surface area contributed by atoms with Crippen LogP contribution in [0.15, 0.2) is 84.9 Å². The van der Waals surface area contributed by atoms with Gasteiger partial charge in [0.1, 0.15) is 11.5 Å². The van der Waals surface area contributed by atoms with Crippen LogP contribution in [-0.4, -0.2) is 22.5 Å². The molecular formula is C60H80O2P2. The van der Waals surface area contributed by atoms with E-state index >= 15 is 0 Å². The fourth-order valence-electron chi connectivity index (χ4n) is 17.3. The summed E-state index contributed by atoms with van der Waals surface area (Å²) in [6, 6.07) is 32.4. The fraction of sp³-hybridized carbons (Fsp3) is 0.600. The molecule has 4 heteroatoms. The van der Waals surface area contributed by atoms with E-state index in [0.717, 1.165) is 36.5 Å². The number of phenols is 2. The van der Waals surface area contributed by atoms with Crippen LogP contribution < -0.4 is 10.6 Å². The largest absolute Gasteiger partial charge is 0.507 e. The van der Waals surface area contributed by atoms with Crippen molar-refractivity contribution in [3.63, 3.8) is 0 Å². The third kappa shape index (κ3) is 8.26. The Kier molecular flexibility index (Phi) is 10.9. The number of hydrogen-bond donors (Lipinski definition) is 2. The zero-order valence-electron chi connectivity index (χ0n) is 41.3. The molecule has 342 valence electrons. The summed E-state index contributed by atoms with van der Waals surface area (Å²) in [5.74, 6) is 2.76. The summed E-state index contributed by atoms with van der Waals surface area (Å²) in [5.41, 5.74) is 9.24. The number of hydrogen-bond acceptors (Lipinski definition) is 2. The van der Waals surface area contributed by atoms with Crippen LogP contribution in [0.1, 0.15) is 180 Å². The lowest BCUT2D eigenvalue weighted by atomic mass is 9.39. The lowest BCUT2D eigenvalue weighted by Gasteiger charge is -2.65. The van der Waals surface area contributed by atoms with E-state index in [-0.39, 0.29) is 21.7 Å². The summed E-state index contributed by atoms with van der Waals surface area (Å²) < 4.78 is 0. The summed E-state index contributed by atoms with van der Waals surface area (Å²) in [5, 5.41) is 28.5. The van der Waals surface area contributed by atoms with Gasteiger partial charge in [0.2, 0.25) is 0 Å². The van der Waals surface area contributed by atoms with Gasteiger partial charge in [-0.3, -0.25) is 0 Å². The summed E-state index contributed by atoms with van der Waals surface area (Å²) in [7, 11) is -1.27. The zero-order valence-corrected chi connectivity index (χ0v) is 43.1. The Morgan fingerprint density at radius 3 is 1.09 bits per heavy atom. The molecule has 0 radical (unpaired) electrons. The van der Waals surface area contributed by atoms with Gasteiger partial charge in [0.25, 0.3) is 0 Å². The first kappa shape index (κ1) is 45.1. The maximum absolute atomic E-state index is 12.8. The summed E-state index contributed by atoms with van der Waals surface area (Å²) >= 11 is 0. The maximum Gasteiger partial charge on any atom is 0.122 e. The van der Waals surface area contributed by atoms with Gasteiger partial charge in [0, 0.05) is 34.3 Å². The summed E-state index contributed by atoms with van der Waals surface area (Å²) in [6.45, 7) is 24.5. The highest BCUT2D eigenvalue weighted by molar-refractivity contribution is 7.68. The first-order chi connectivity index (χ1) is 30.0. The Labute approximate surface area is 390 Å². The Bertz CT molecular complexity index is 2200. The molecule has 4 unspecified atom stereocenters. The highest BCUT2D eigenvalue weighted by atomic mass is 31.1. The third-order valence-corrected chi connectivity index (χ3v) is 23.5. The molecule has 12 rings (SSSR count). The smallest absolute Gasteiger partial charge is 0.122 e. The molecule has 8 saturated carbocycles. The molecule has 0 heterocycles. The van der Waals surface area contributed by atoms with Crippen molar-refractivity contribution in [1.82, 2.24) is 0 Å². The Balaban J connectivity index is 1.01. The first-order valence-corrected chi connectivity index (χ1v) is 28.7. The van der Waals surface area contributed by atoms with E-state index in [1.807, 2.05) is 0 Å². The van der Waals surface area contributed by atoms with Gasteiger partial charge in [0.15, 0.2) is 0 Å². The second-order valence-electron chi connectivity index (χ2n) is 26.9. The normalized spacial score (nSPS) is 34.9. The van der Waals surface area contributed by atoms with Crippen LogP contribution in [0.3, 0.4) is 0 Å². The van der Waals surface area contributed by atoms with Crippen LogP contribution in [0.2, 0.25) is 0 Å². The van der Waals surface area contributed by atoms with Crippen molar-refractivity contribution in [2.45, 2.75) is 180 Å². The second-order valence-corrected chi connectivity index (χ2v) is 31.6. The van der Waals surface area contributed by atoms with Crippen LogP contribution in [0, 0.1) is 33.5 Å². The van der Waals surface area contributed by atoms with Gasteiger partial charge in [-0.1, -0.05) is 170 Å². The quantitative estimate of drug-likeness (QED) is 0.147. The predicted octanol–water partition coefficient (Wildman–Crippen LogP) is 15.5. The molecule has 10 atom stereocenters. The van der Waals surface area contributed by atoms with Gasteiger partial charge in [-0.05, 0) is 167 Å². The van der Waals surface area contributed by atoms with Gasteiger partial charge in [0.05, 0.1) is 0 Å². The molecule has 2 N–H and O–H groups in total. The number of phenolic OH excluding ortho intramolecular Hbond substituents is 2. The third-order valence-electron chi connectivity index (χ3n) is 18.1. The average molecular weight is 895 g/mol. The van der Waals surface area contributed by atoms with Gasteiger partial charge < -0.3 is 10.2 Å². The number of benzene rings is 4. The number of aromatic hydroxyl groups is 2. The minimum Gasteiger partial charge on any atom is -0.507 e. The van der Waals surface area contributed by atoms with Crippen LogP contribution in [0.25, 0.3) is 0 Å². The van der Waals surface area contributed by atoms with E-state index in [1.54, 1.807) is 0 Å². The van der Waals surface area contributed by atoms with E-state index in [4.69, 9.17) is 0 Å². The van der Waals surface area contributed by atoms with Crippen LogP contribution in [0.5, 0.6) is 11.5 Å². The average Bonchev–Trinajstić information content (AvgIpc) is 3.17. The molecule has 8 aliphatic rings. The molecule has 4 aromatic rings. The Hall–Kier alpha value is -2.66. The highest BCUT2D eigenvalue weighted by Crippen LogP contribution is 2.72. The van der Waals surface area contributed by atoms with Crippen molar-refractivity contribution in [3.05, 3.63) is 118 Å². The van der Waals surface area contributed by atoms with E-state index in [9.17, 15) is 10.2 Å². The van der Waals surface area contributed by atoms with Gasteiger partial charge >= 0.3 is 0 Å². The standard InChI is InChI=1S/C60H80O2P2/c1-53(2,3)45-23-43(51(61)49(25-45)59-31-41-27-55(7,37-59)35-56(8,28-41)38-59)33-63(47-17-13-11-14-18-47)21-22-64(48-19-15-12-16-20-48)34-44-24-46(54(4,5)6)26-50(52(44)62)60-32-42-29-57(9,39-60)36-58(10,30-42)40-60/h11-20,23-26,41-42,61-62H,21-22,27-40H2,1-10H3/t41?,42?,55-,56+,57-,58+,59?,60?,63-,64+. The van der Waals surface area contributed by atoms with Gasteiger partial charge in [-0.25, -0.2) is 0 Å². The van der Waals surface area contributed by atoms with Gasteiger partial charge in [-0.15, -0.1) is 0 Å². The van der Waals surface area contributed by atoms with Crippen molar-refractivity contribution in [2.24, 2.45) is 33.5 Å².